The summed E-state index contributed by atoms with van der Waals surface area (Å²) >= 11 is 1.36. The van der Waals surface area contributed by atoms with Crippen molar-refractivity contribution in [3.63, 3.8) is 0 Å². The molecule has 1 aromatic rings. The van der Waals surface area contributed by atoms with Crippen LogP contribution in [0.3, 0.4) is 0 Å². The van der Waals surface area contributed by atoms with E-state index in [2.05, 4.69) is 15.3 Å². The molecule has 3 fully saturated rings. The van der Waals surface area contributed by atoms with Gasteiger partial charge in [0.25, 0.3) is 5.92 Å². The molecule has 2 heterocycles. The van der Waals surface area contributed by atoms with Crippen molar-refractivity contribution in [3.8, 4) is 0 Å². The molecule has 23 heavy (non-hydrogen) atoms. The monoisotopic (exact) mass is 337 g/mol. The van der Waals surface area contributed by atoms with Gasteiger partial charge in [-0.3, -0.25) is 14.8 Å². The van der Waals surface area contributed by atoms with Crippen molar-refractivity contribution < 1.29 is 13.6 Å². The second kappa shape index (κ2) is 5.00. The Labute approximate surface area is 137 Å². The minimum atomic E-state index is -2.53. The third-order valence-electron chi connectivity index (χ3n) is 5.26. The predicted octanol–water partition coefficient (Wildman–Crippen LogP) is 2.95. The predicted molar refractivity (Wildman–Crippen MR) is 84.3 cm³/mol. The Hall–Kier alpha value is -1.50. The van der Waals surface area contributed by atoms with Crippen molar-refractivity contribution in [2.45, 2.75) is 42.9 Å². The molecule has 2 bridgehead atoms. The van der Waals surface area contributed by atoms with E-state index in [1.807, 2.05) is 19.1 Å². The highest BCUT2D eigenvalue weighted by molar-refractivity contribution is 8.15. The number of hydrogen-bond donors (Lipinski definition) is 1. The SMILES string of the molecule is CC1(c2ccncc2)SC(=N[C@H]2C[C@H]3CC2CC3(F)F)NC1=O. The lowest BCUT2D eigenvalue weighted by Crippen LogP contribution is -2.33. The molecule has 1 saturated heterocycles. The number of carbonyl (C=O) groups is 1. The van der Waals surface area contributed by atoms with Gasteiger partial charge in [-0.1, -0.05) is 11.8 Å². The molecule has 2 aliphatic carbocycles. The minimum absolute atomic E-state index is 0.0622. The van der Waals surface area contributed by atoms with Gasteiger partial charge >= 0.3 is 0 Å². The Kier molecular flexibility index (Phi) is 3.27. The van der Waals surface area contributed by atoms with Crippen molar-refractivity contribution in [2.75, 3.05) is 0 Å². The molecule has 1 aromatic heterocycles. The number of amides is 1. The Morgan fingerprint density at radius 1 is 1.35 bits per heavy atom. The standard InChI is InChI=1S/C16H17F2N3OS/c1-15(10-2-4-19-5-3-10)13(22)21-14(23-15)20-12-7-11-6-9(12)8-16(11,17)18/h2-5,9,11-12H,6-8H2,1H3,(H,20,21,22)/t9?,11-,12+,15?/m1/s1. The fourth-order valence-electron chi connectivity index (χ4n) is 3.89. The van der Waals surface area contributed by atoms with Crippen LogP contribution in [0.25, 0.3) is 0 Å². The second-order valence-corrected chi connectivity index (χ2v) is 8.13. The molecule has 4 rings (SSSR count). The maximum Gasteiger partial charge on any atom is 0.251 e. The van der Waals surface area contributed by atoms with Crippen LogP contribution in [0.2, 0.25) is 0 Å². The fraction of sp³-hybridized carbons (Fsp3) is 0.562. The number of hydrogen-bond acceptors (Lipinski definition) is 4. The summed E-state index contributed by atoms with van der Waals surface area (Å²) < 4.78 is 26.5. The number of thioether (sulfide) groups is 1. The largest absolute Gasteiger partial charge is 0.304 e. The van der Waals surface area contributed by atoms with Gasteiger partial charge in [0.05, 0.1) is 6.04 Å². The first-order valence-electron chi connectivity index (χ1n) is 7.75. The van der Waals surface area contributed by atoms with Gasteiger partial charge in [0.2, 0.25) is 5.91 Å². The summed E-state index contributed by atoms with van der Waals surface area (Å²) in [5.41, 5.74) is 0.861. The molecule has 122 valence electrons. The van der Waals surface area contributed by atoms with E-state index >= 15 is 0 Å². The van der Waals surface area contributed by atoms with E-state index < -0.39 is 16.6 Å². The van der Waals surface area contributed by atoms with Gasteiger partial charge in [-0.15, -0.1) is 0 Å². The molecule has 1 amide bonds. The van der Waals surface area contributed by atoms with Crippen LogP contribution in [0.5, 0.6) is 0 Å². The van der Waals surface area contributed by atoms with E-state index in [-0.39, 0.29) is 24.3 Å². The number of aromatic nitrogens is 1. The zero-order valence-electron chi connectivity index (χ0n) is 12.6. The van der Waals surface area contributed by atoms with Crippen LogP contribution in [0.15, 0.2) is 29.5 Å². The second-order valence-electron chi connectivity index (χ2n) is 6.72. The number of halogens is 2. The molecule has 4 nitrogen and oxygen atoms in total. The molecule has 2 saturated carbocycles. The maximum absolute atomic E-state index is 13.6. The number of pyridine rings is 1. The van der Waals surface area contributed by atoms with E-state index in [9.17, 15) is 13.6 Å². The van der Waals surface area contributed by atoms with Gasteiger partial charge in [0.1, 0.15) is 4.75 Å². The number of rotatable bonds is 2. The first-order chi connectivity index (χ1) is 10.9. The third-order valence-corrected chi connectivity index (χ3v) is 6.49. The molecule has 3 aliphatic rings. The zero-order valence-corrected chi connectivity index (χ0v) is 13.4. The lowest BCUT2D eigenvalue weighted by molar-refractivity contribution is -0.121. The van der Waals surface area contributed by atoms with Gasteiger partial charge < -0.3 is 5.32 Å². The number of aliphatic imine (C=N–C) groups is 1. The smallest absolute Gasteiger partial charge is 0.251 e. The molecule has 4 atom stereocenters. The molecule has 2 unspecified atom stereocenters. The van der Waals surface area contributed by atoms with Gasteiger partial charge in [0.15, 0.2) is 5.17 Å². The Bertz CT molecular complexity index is 681. The molecule has 7 heteroatoms. The van der Waals surface area contributed by atoms with Crippen LogP contribution in [0, 0.1) is 11.8 Å². The number of alkyl halides is 2. The summed E-state index contributed by atoms with van der Waals surface area (Å²) in [7, 11) is 0. The molecule has 1 aliphatic heterocycles. The van der Waals surface area contributed by atoms with Crippen LogP contribution in [0.4, 0.5) is 8.78 Å². The van der Waals surface area contributed by atoms with Gasteiger partial charge in [-0.25, -0.2) is 8.78 Å². The van der Waals surface area contributed by atoms with Crippen LogP contribution in [-0.4, -0.2) is 28.0 Å². The van der Waals surface area contributed by atoms with Crippen molar-refractivity contribution in [1.29, 1.82) is 0 Å². The number of carbonyl (C=O) groups excluding carboxylic acids is 1. The van der Waals surface area contributed by atoms with Crippen molar-refractivity contribution in [2.24, 2.45) is 16.8 Å². The Balaban J connectivity index is 1.54. The lowest BCUT2D eigenvalue weighted by atomic mass is 9.93. The summed E-state index contributed by atoms with van der Waals surface area (Å²) in [5, 5.41) is 3.37. The van der Waals surface area contributed by atoms with Crippen molar-refractivity contribution in [1.82, 2.24) is 10.3 Å². The Morgan fingerprint density at radius 2 is 2.09 bits per heavy atom. The van der Waals surface area contributed by atoms with Gasteiger partial charge in [-0.05, 0) is 43.4 Å². The summed E-state index contributed by atoms with van der Waals surface area (Å²) in [6.45, 7) is 1.85. The fourth-order valence-corrected chi connectivity index (χ4v) is 5.01. The first-order valence-corrected chi connectivity index (χ1v) is 8.57. The number of amidine groups is 1. The molecule has 0 radical (unpaired) electrons. The normalized spacial score (nSPS) is 39.9. The van der Waals surface area contributed by atoms with Crippen LogP contribution >= 0.6 is 11.8 Å². The van der Waals surface area contributed by atoms with Gasteiger partial charge in [0, 0.05) is 24.7 Å². The highest BCUT2D eigenvalue weighted by Crippen LogP contribution is 2.55. The highest BCUT2D eigenvalue weighted by Gasteiger charge is 2.57. The van der Waals surface area contributed by atoms with E-state index in [1.165, 1.54) is 11.8 Å². The average molecular weight is 337 g/mol. The first kappa shape index (κ1) is 15.1. The van der Waals surface area contributed by atoms with Crippen LogP contribution in [-0.2, 0) is 9.54 Å². The lowest BCUT2D eigenvalue weighted by Gasteiger charge is -2.25. The van der Waals surface area contributed by atoms with Crippen LogP contribution in [0.1, 0.15) is 31.7 Å². The summed E-state index contributed by atoms with van der Waals surface area (Å²) in [6, 6.07) is 3.53. The summed E-state index contributed by atoms with van der Waals surface area (Å²) in [5.74, 6) is -3.26. The number of nitrogens with zero attached hydrogens (tertiary/aromatic N) is 2. The molecular formula is C16H17F2N3OS. The summed E-state index contributed by atoms with van der Waals surface area (Å²) in [4.78, 5) is 21.0. The van der Waals surface area contributed by atoms with E-state index in [0.717, 1.165) is 5.56 Å². The van der Waals surface area contributed by atoms with Crippen LogP contribution < -0.4 is 5.32 Å². The van der Waals surface area contributed by atoms with Crippen molar-refractivity contribution >= 4 is 22.8 Å². The molecular weight excluding hydrogens is 320 g/mol. The minimum Gasteiger partial charge on any atom is -0.304 e. The van der Waals surface area contributed by atoms with E-state index in [4.69, 9.17) is 0 Å². The topological polar surface area (TPSA) is 54.4 Å². The molecule has 1 N–H and O–H groups in total. The average Bonchev–Trinajstić information content (AvgIpc) is 3.12. The number of nitrogens with one attached hydrogen (secondary N) is 1. The Morgan fingerprint density at radius 3 is 2.70 bits per heavy atom. The quantitative estimate of drug-likeness (QED) is 0.903. The van der Waals surface area contributed by atoms with E-state index in [1.54, 1.807) is 12.4 Å². The molecule has 0 aromatic carbocycles. The molecule has 0 spiro atoms. The highest BCUT2D eigenvalue weighted by atomic mass is 32.2. The van der Waals surface area contributed by atoms with Gasteiger partial charge in [-0.2, -0.15) is 0 Å². The number of fused-ring (bicyclic) bond motifs is 2. The zero-order chi connectivity index (χ0) is 16.2. The third kappa shape index (κ3) is 2.36. The van der Waals surface area contributed by atoms with Crippen molar-refractivity contribution in [3.05, 3.63) is 30.1 Å². The van der Waals surface area contributed by atoms with E-state index in [0.29, 0.717) is 18.0 Å². The maximum atomic E-state index is 13.6. The summed E-state index contributed by atoms with van der Waals surface area (Å²) in [6.07, 6.45) is 4.21.